The molecule has 1 aliphatic rings. The van der Waals surface area contributed by atoms with Crippen molar-refractivity contribution in [2.45, 2.75) is 37.5 Å². The van der Waals surface area contributed by atoms with Crippen LogP contribution >= 0.6 is 0 Å². The Bertz CT molecular complexity index is 297. The quantitative estimate of drug-likeness (QED) is 0.775. The van der Waals surface area contributed by atoms with E-state index in [1.807, 2.05) is 17.9 Å². The van der Waals surface area contributed by atoms with Crippen molar-refractivity contribution in [1.82, 2.24) is 9.78 Å². The van der Waals surface area contributed by atoms with E-state index in [0.29, 0.717) is 0 Å². The van der Waals surface area contributed by atoms with Gasteiger partial charge in [-0.2, -0.15) is 5.10 Å². The van der Waals surface area contributed by atoms with Gasteiger partial charge in [0, 0.05) is 30.9 Å². The second kappa shape index (κ2) is 3.73. The predicted octanol–water partition coefficient (Wildman–Crippen LogP) is 1.58. The zero-order valence-electron chi connectivity index (χ0n) is 8.87. The van der Waals surface area contributed by atoms with Crippen LogP contribution in [0.1, 0.15) is 37.8 Å². The van der Waals surface area contributed by atoms with Crippen LogP contribution in [0.4, 0.5) is 0 Å². The summed E-state index contributed by atoms with van der Waals surface area (Å²) >= 11 is 0. The zero-order valence-corrected chi connectivity index (χ0v) is 8.87. The molecule has 14 heavy (non-hydrogen) atoms. The highest BCUT2D eigenvalue weighted by Gasteiger charge is 2.34. The summed E-state index contributed by atoms with van der Waals surface area (Å²) < 4.78 is 1.98. The fourth-order valence-corrected chi connectivity index (χ4v) is 2.69. The van der Waals surface area contributed by atoms with Crippen LogP contribution in [-0.2, 0) is 12.5 Å². The highest BCUT2D eigenvalue weighted by molar-refractivity contribution is 5.18. The maximum absolute atomic E-state index is 5.96. The minimum absolute atomic E-state index is 0.212. The van der Waals surface area contributed by atoms with Crippen LogP contribution in [0.25, 0.3) is 0 Å². The molecule has 1 fully saturated rings. The lowest BCUT2D eigenvalue weighted by Crippen LogP contribution is -2.38. The van der Waals surface area contributed by atoms with Gasteiger partial charge in [0.15, 0.2) is 0 Å². The third-order valence-electron chi connectivity index (χ3n) is 3.57. The molecule has 2 rings (SSSR count). The van der Waals surface area contributed by atoms with Gasteiger partial charge in [-0.05, 0) is 18.9 Å². The smallest absolute Gasteiger partial charge is 0.0492 e. The fraction of sp³-hybridized carbons (Fsp3) is 0.727. The zero-order chi connectivity index (χ0) is 10.0. The van der Waals surface area contributed by atoms with Crippen LogP contribution in [0.15, 0.2) is 12.3 Å². The molecule has 3 nitrogen and oxygen atoms in total. The maximum Gasteiger partial charge on any atom is 0.0492 e. The van der Waals surface area contributed by atoms with Crippen molar-refractivity contribution in [3.05, 3.63) is 18.0 Å². The first-order chi connectivity index (χ1) is 6.78. The number of aryl methyl sites for hydroxylation is 1. The van der Waals surface area contributed by atoms with Crippen LogP contribution in [0.2, 0.25) is 0 Å². The first-order valence-corrected chi connectivity index (χ1v) is 5.47. The molecule has 3 heteroatoms. The summed E-state index contributed by atoms with van der Waals surface area (Å²) in [5.74, 6) is 0. The molecular weight excluding hydrogens is 174 g/mol. The van der Waals surface area contributed by atoms with Crippen molar-refractivity contribution in [2.24, 2.45) is 12.8 Å². The van der Waals surface area contributed by atoms with Crippen molar-refractivity contribution in [3.63, 3.8) is 0 Å². The minimum Gasteiger partial charge on any atom is -0.330 e. The van der Waals surface area contributed by atoms with Crippen LogP contribution in [0.5, 0.6) is 0 Å². The Morgan fingerprint density at radius 3 is 2.64 bits per heavy atom. The molecule has 2 N–H and O–H groups in total. The van der Waals surface area contributed by atoms with Crippen molar-refractivity contribution in [2.75, 3.05) is 6.54 Å². The summed E-state index contributed by atoms with van der Waals surface area (Å²) in [5.41, 5.74) is 7.49. The average molecular weight is 193 g/mol. The van der Waals surface area contributed by atoms with Gasteiger partial charge in [0.05, 0.1) is 0 Å². The predicted molar refractivity (Wildman–Crippen MR) is 57.0 cm³/mol. The van der Waals surface area contributed by atoms with Crippen LogP contribution in [0, 0.1) is 0 Å². The molecular formula is C11H19N3. The van der Waals surface area contributed by atoms with Crippen LogP contribution < -0.4 is 5.73 Å². The van der Waals surface area contributed by atoms with Crippen molar-refractivity contribution < 1.29 is 0 Å². The van der Waals surface area contributed by atoms with Gasteiger partial charge in [0.1, 0.15) is 0 Å². The normalized spacial score (nSPS) is 21.0. The first kappa shape index (κ1) is 9.71. The average Bonchev–Trinajstić information content (AvgIpc) is 2.66. The number of nitrogens with two attached hydrogens (primary N) is 1. The molecule has 1 aromatic rings. The number of hydrogen-bond acceptors (Lipinski definition) is 2. The molecule has 0 amide bonds. The molecule has 0 bridgehead atoms. The molecule has 0 radical (unpaired) electrons. The van der Waals surface area contributed by atoms with E-state index in [0.717, 1.165) is 6.54 Å². The first-order valence-electron chi connectivity index (χ1n) is 5.47. The van der Waals surface area contributed by atoms with Gasteiger partial charge in [-0.1, -0.05) is 19.3 Å². The summed E-state index contributed by atoms with van der Waals surface area (Å²) in [7, 11) is 2.02. The molecule has 0 spiro atoms. The summed E-state index contributed by atoms with van der Waals surface area (Å²) in [6.07, 6.45) is 8.30. The lowest BCUT2D eigenvalue weighted by Gasteiger charge is -2.36. The SMILES string of the molecule is Cn1nccc1C1(CN)CCCCC1. The van der Waals surface area contributed by atoms with E-state index in [2.05, 4.69) is 11.2 Å². The second-order valence-corrected chi connectivity index (χ2v) is 4.39. The number of nitrogens with zero attached hydrogens (tertiary/aromatic N) is 2. The summed E-state index contributed by atoms with van der Waals surface area (Å²) in [6.45, 7) is 0.756. The Balaban J connectivity index is 2.31. The monoisotopic (exact) mass is 193 g/mol. The Morgan fingerprint density at radius 2 is 2.14 bits per heavy atom. The van der Waals surface area contributed by atoms with Gasteiger partial charge < -0.3 is 5.73 Å². The standard InChI is InChI=1S/C11H19N3/c1-14-10(5-8-13-14)11(9-12)6-3-2-4-7-11/h5,8H,2-4,6-7,9,12H2,1H3. The number of rotatable bonds is 2. The highest BCUT2D eigenvalue weighted by Crippen LogP contribution is 2.38. The third kappa shape index (κ3) is 1.46. The Morgan fingerprint density at radius 1 is 1.43 bits per heavy atom. The van der Waals surface area contributed by atoms with Crippen molar-refractivity contribution >= 4 is 0 Å². The Labute approximate surface area is 85.3 Å². The maximum atomic E-state index is 5.96. The largest absolute Gasteiger partial charge is 0.330 e. The van der Waals surface area contributed by atoms with Crippen LogP contribution in [0.3, 0.4) is 0 Å². The molecule has 78 valence electrons. The number of hydrogen-bond donors (Lipinski definition) is 1. The second-order valence-electron chi connectivity index (χ2n) is 4.39. The van der Waals surface area contributed by atoms with Gasteiger partial charge in [-0.15, -0.1) is 0 Å². The van der Waals surface area contributed by atoms with Gasteiger partial charge in [-0.3, -0.25) is 4.68 Å². The molecule has 0 atom stereocenters. The van der Waals surface area contributed by atoms with E-state index < -0.39 is 0 Å². The molecule has 1 saturated carbocycles. The van der Waals surface area contributed by atoms with Gasteiger partial charge >= 0.3 is 0 Å². The molecule has 1 aromatic heterocycles. The van der Waals surface area contributed by atoms with Crippen molar-refractivity contribution in [1.29, 1.82) is 0 Å². The Hall–Kier alpha value is -0.830. The summed E-state index contributed by atoms with van der Waals surface area (Å²) in [4.78, 5) is 0. The topological polar surface area (TPSA) is 43.8 Å². The molecule has 0 saturated heterocycles. The van der Waals surface area contributed by atoms with Gasteiger partial charge in [0.2, 0.25) is 0 Å². The van der Waals surface area contributed by atoms with E-state index >= 15 is 0 Å². The number of aromatic nitrogens is 2. The van der Waals surface area contributed by atoms with E-state index in [9.17, 15) is 0 Å². The van der Waals surface area contributed by atoms with Gasteiger partial charge in [-0.25, -0.2) is 0 Å². The van der Waals surface area contributed by atoms with E-state index in [1.54, 1.807) is 0 Å². The Kier molecular flexibility index (Phi) is 2.59. The van der Waals surface area contributed by atoms with Crippen LogP contribution in [-0.4, -0.2) is 16.3 Å². The minimum atomic E-state index is 0.212. The van der Waals surface area contributed by atoms with E-state index in [-0.39, 0.29) is 5.41 Å². The molecule has 0 aliphatic heterocycles. The third-order valence-corrected chi connectivity index (χ3v) is 3.57. The molecule has 0 aromatic carbocycles. The molecule has 1 aliphatic carbocycles. The lowest BCUT2D eigenvalue weighted by atomic mass is 9.72. The molecule has 0 unspecified atom stereocenters. The molecule has 1 heterocycles. The van der Waals surface area contributed by atoms with Gasteiger partial charge in [0.25, 0.3) is 0 Å². The highest BCUT2D eigenvalue weighted by atomic mass is 15.3. The van der Waals surface area contributed by atoms with Crippen molar-refractivity contribution in [3.8, 4) is 0 Å². The summed E-state index contributed by atoms with van der Waals surface area (Å²) in [5, 5.41) is 4.25. The van der Waals surface area contributed by atoms with E-state index in [1.165, 1.54) is 37.8 Å². The summed E-state index contributed by atoms with van der Waals surface area (Å²) in [6, 6.07) is 2.12. The lowest BCUT2D eigenvalue weighted by molar-refractivity contribution is 0.284. The fourth-order valence-electron chi connectivity index (χ4n) is 2.69. The van der Waals surface area contributed by atoms with E-state index in [4.69, 9.17) is 5.73 Å².